The van der Waals surface area contributed by atoms with E-state index in [2.05, 4.69) is 44.7 Å². The highest BCUT2D eigenvalue weighted by Crippen LogP contribution is 2.39. The molecule has 20 heavy (non-hydrogen) atoms. The first-order valence-corrected chi connectivity index (χ1v) is 7.49. The van der Waals surface area contributed by atoms with E-state index in [-0.39, 0.29) is 24.2 Å². The molecule has 0 saturated carbocycles. The van der Waals surface area contributed by atoms with Crippen LogP contribution in [0.1, 0.15) is 32.3 Å². The molecule has 1 aliphatic heterocycles. The SMILES string of the molecule is C=C[C@H]1C[C@@H](CCc2ccccc2)O[C@H]1C(C)(C)CO. The standard InChI is InChI=1S/C18H26O2/c1-4-15-12-16(20-17(15)18(2,3)13-19)11-10-14-8-6-5-7-9-14/h4-9,15-17,19H,1,10-13H2,2-3H3/t15-,16+,17+/m0/s1. The average molecular weight is 274 g/mol. The molecule has 0 radical (unpaired) electrons. The molecule has 2 rings (SSSR count). The number of rotatable bonds is 6. The topological polar surface area (TPSA) is 29.5 Å². The minimum Gasteiger partial charge on any atom is -0.396 e. The number of ether oxygens (including phenoxy) is 1. The van der Waals surface area contributed by atoms with Crippen LogP contribution in [0.5, 0.6) is 0 Å². The van der Waals surface area contributed by atoms with Gasteiger partial charge in [-0.15, -0.1) is 6.58 Å². The van der Waals surface area contributed by atoms with Crippen LogP contribution in [-0.4, -0.2) is 23.9 Å². The lowest BCUT2D eigenvalue weighted by molar-refractivity contribution is -0.0545. The van der Waals surface area contributed by atoms with Gasteiger partial charge in [-0.3, -0.25) is 0 Å². The summed E-state index contributed by atoms with van der Waals surface area (Å²) >= 11 is 0. The second-order valence-electron chi connectivity index (χ2n) is 6.48. The fraction of sp³-hybridized carbons (Fsp3) is 0.556. The van der Waals surface area contributed by atoms with Crippen LogP contribution in [0.3, 0.4) is 0 Å². The van der Waals surface area contributed by atoms with Crippen molar-refractivity contribution in [3.05, 3.63) is 48.6 Å². The lowest BCUT2D eigenvalue weighted by Crippen LogP contribution is -2.36. The van der Waals surface area contributed by atoms with Crippen molar-refractivity contribution in [1.29, 1.82) is 0 Å². The van der Waals surface area contributed by atoms with Crippen molar-refractivity contribution in [2.75, 3.05) is 6.61 Å². The van der Waals surface area contributed by atoms with E-state index in [1.807, 2.05) is 12.1 Å². The molecule has 1 heterocycles. The minimum absolute atomic E-state index is 0.0748. The molecule has 0 bridgehead atoms. The minimum atomic E-state index is -0.208. The van der Waals surface area contributed by atoms with Gasteiger partial charge in [-0.05, 0) is 24.8 Å². The number of hydrogen-bond donors (Lipinski definition) is 1. The van der Waals surface area contributed by atoms with Gasteiger partial charge < -0.3 is 9.84 Å². The molecule has 2 nitrogen and oxygen atoms in total. The van der Waals surface area contributed by atoms with Gasteiger partial charge in [0.15, 0.2) is 0 Å². The van der Waals surface area contributed by atoms with E-state index in [0.717, 1.165) is 19.3 Å². The van der Waals surface area contributed by atoms with E-state index in [4.69, 9.17) is 4.74 Å². The molecule has 1 aromatic rings. The van der Waals surface area contributed by atoms with Gasteiger partial charge in [0, 0.05) is 11.3 Å². The first-order valence-electron chi connectivity index (χ1n) is 7.49. The van der Waals surface area contributed by atoms with Crippen molar-refractivity contribution in [2.45, 2.75) is 45.3 Å². The van der Waals surface area contributed by atoms with Crippen LogP contribution in [-0.2, 0) is 11.2 Å². The van der Waals surface area contributed by atoms with Crippen LogP contribution in [0.15, 0.2) is 43.0 Å². The summed E-state index contributed by atoms with van der Waals surface area (Å²) in [5.74, 6) is 0.345. The maximum Gasteiger partial charge on any atom is 0.0715 e. The predicted molar refractivity (Wildman–Crippen MR) is 82.6 cm³/mol. The third-order valence-corrected chi connectivity index (χ3v) is 4.34. The van der Waals surface area contributed by atoms with Crippen molar-refractivity contribution in [3.8, 4) is 0 Å². The Morgan fingerprint density at radius 3 is 2.65 bits per heavy atom. The van der Waals surface area contributed by atoms with Crippen molar-refractivity contribution in [2.24, 2.45) is 11.3 Å². The number of hydrogen-bond acceptors (Lipinski definition) is 2. The normalized spacial score (nSPS) is 26.6. The Morgan fingerprint density at radius 2 is 2.05 bits per heavy atom. The number of aliphatic hydroxyl groups is 1. The Labute approximate surface area is 122 Å². The molecular weight excluding hydrogens is 248 g/mol. The molecule has 1 N–H and O–H groups in total. The predicted octanol–water partition coefficient (Wildman–Crippen LogP) is 3.60. The highest BCUT2D eigenvalue weighted by atomic mass is 16.5. The van der Waals surface area contributed by atoms with E-state index >= 15 is 0 Å². The Morgan fingerprint density at radius 1 is 1.35 bits per heavy atom. The zero-order valence-electron chi connectivity index (χ0n) is 12.6. The highest BCUT2D eigenvalue weighted by molar-refractivity contribution is 5.15. The van der Waals surface area contributed by atoms with Gasteiger partial charge in [0.1, 0.15) is 0 Å². The second-order valence-corrected chi connectivity index (χ2v) is 6.48. The molecule has 110 valence electrons. The maximum atomic E-state index is 9.55. The van der Waals surface area contributed by atoms with Gasteiger partial charge in [0.2, 0.25) is 0 Å². The van der Waals surface area contributed by atoms with Gasteiger partial charge in [-0.1, -0.05) is 50.3 Å². The highest BCUT2D eigenvalue weighted by Gasteiger charge is 2.42. The number of aryl methyl sites for hydroxylation is 1. The molecule has 1 fully saturated rings. The summed E-state index contributed by atoms with van der Waals surface area (Å²) in [5, 5.41) is 9.55. The Balaban J connectivity index is 1.94. The van der Waals surface area contributed by atoms with Crippen LogP contribution in [0, 0.1) is 11.3 Å². The smallest absolute Gasteiger partial charge is 0.0715 e. The van der Waals surface area contributed by atoms with Crippen LogP contribution in [0.2, 0.25) is 0 Å². The average Bonchev–Trinajstić information content (AvgIpc) is 2.90. The fourth-order valence-electron chi connectivity index (χ4n) is 3.02. The molecule has 0 spiro atoms. The van der Waals surface area contributed by atoms with Crippen molar-refractivity contribution in [1.82, 2.24) is 0 Å². The Hall–Kier alpha value is -1.12. The maximum absolute atomic E-state index is 9.55. The molecule has 1 aromatic carbocycles. The lowest BCUT2D eigenvalue weighted by Gasteiger charge is -2.32. The van der Waals surface area contributed by atoms with Crippen LogP contribution in [0.25, 0.3) is 0 Å². The quantitative estimate of drug-likeness (QED) is 0.803. The molecular formula is C18H26O2. The molecule has 3 atom stereocenters. The van der Waals surface area contributed by atoms with Gasteiger partial charge in [-0.25, -0.2) is 0 Å². The Bertz CT molecular complexity index is 424. The first-order chi connectivity index (χ1) is 9.56. The van der Waals surface area contributed by atoms with Crippen molar-refractivity contribution >= 4 is 0 Å². The lowest BCUT2D eigenvalue weighted by atomic mass is 9.80. The molecule has 1 saturated heterocycles. The van der Waals surface area contributed by atoms with Gasteiger partial charge in [0.05, 0.1) is 18.8 Å². The van der Waals surface area contributed by atoms with E-state index < -0.39 is 0 Å². The molecule has 1 aliphatic rings. The Kier molecular flexibility index (Phi) is 5.00. The number of aliphatic hydroxyl groups excluding tert-OH is 1. The van der Waals surface area contributed by atoms with E-state index in [9.17, 15) is 5.11 Å². The molecule has 2 heteroatoms. The molecule has 0 aliphatic carbocycles. The summed E-state index contributed by atoms with van der Waals surface area (Å²) in [5.41, 5.74) is 1.15. The summed E-state index contributed by atoms with van der Waals surface area (Å²) in [4.78, 5) is 0. The molecule has 0 amide bonds. The van der Waals surface area contributed by atoms with Gasteiger partial charge in [0.25, 0.3) is 0 Å². The summed E-state index contributed by atoms with van der Waals surface area (Å²) in [6, 6.07) is 10.5. The number of benzene rings is 1. The van der Waals surface area contributed by atoms with Crippen LogP contribution in [0.4, 0.5) is 0 Å². The zero-order valence-corrected chi connectivity index (χ0v) is 12.6. The van der Waals surface area contributed by atoms with Crippen LogP contribution < -0.4 is 0 Å². The fourth-order valence-corrected chi connectivity index (χ4v) is 3.02. The van der Waals surface area contributed by atoms with Gasteiger partial charge >= 0.3 is 0 Å². The van der Waals surface area contributed by atoms with Crippen molar-refractivity contribution in [3.63, 3.8) is 0 Å². The molecule has 0 aromatic heterocycles. The monoisotopic (exact) mass is 274 g/mol. The molecule has 0 unspecified atom stereocenters. The summed E-state index contributed by atoms with van der Waals surface area (Å²) in [6.07, 6.45) is 5.43. The largest absolute Gasteiger partial charge is 0.396 e. The summed E-state index contributed by atoms with van der Waals surface area (Å²) in [7, 11) is 0. The van der Waals surface area contributed by atoms with Gasteiger partial charge in [-0.2, -0.15) is 0 Å². The third kappa shape index (κ3) is 3.50. The van der Waals surface area contributed by atoms with Crippen molar-refractivity contribution < 1.29 is 9.84 Å². The van der Waals surface area contributed by atoms with E-state index in [1.54, 1.807) is 0 Å². The summed E-state index contributed by atoms with van der Waals surface area (Å²) in [6.45, 7) is 8.20. The summed E-state index contributed by atoms with van der Waals surface area (Å²) < 4.78 is 6.21. The van der Waals surface area contributed by atoms with E-state index in [1.165, 1.54) is 5.56 Å². The van der Waals surface area contributed by atoms with Crippen LogP contribution >= 0.6 is 0 Å². The third-order valence-electron chi connectivity index (χ3n) is 4.34. The van der Waals surface area contributed by atoms with E-state index in [0.29, 0.717) is 5.92 Å². The first kappa shape index (κ1) is 15.3. The zero-order chi connectivity index (χ0) is 14.6. The second kappa shape index (κ2) is 6.55.